The Morgan fingerprint density at radius 1 is 1.18 bits per heavy atom. The SMILES string of the molecule is O=C(NCCc1ccccc1)Nc1nc2ccc(Br)cc2s1. The highest BCUT2D eigenvalue weighted by Crippen LogP contribution is 2.28. The van der Waals surface area contributed by atoms with Crippen LogP contribution in [0.4, 0.5) is 9.93 Å². The number of urea groups is 1. The van der Waals surface area contributed by atoms with Crippen LogP contribution in [-0.2, 0) is 6.42 Å². The first-order valence-electron chi connectivity index (χ1n) is 6.85. The molecule has 0 saturated carbocycles. The molecule has 0 radical (unpaired) electrons. The fourth-order valence-corrected chi connectivity index (χ4v) is 3.47. The van der Waals surface area contributed by atoms with Crippen LogP contribution in [0.1, 0.15) is 5.56 Å². The number of amides is 2. The second-order valence-corrected chi connectivity index (χ2v) is 6.69. The molecule has 1 heterocycles. The number of carbonyl (C=O) groups excluding carboxylic acids is 1. The quantitative estimate of drug-likeness (QED) is 0.708. The number of fused-ring (bicyclic) bond motifs is 1. The first-order valence-corrected chi connectivity index (χ1v) is 8.46. The van der Waals surface area contributed by atoms with Gasteiger partial charge in [-0.3, -0.25) is 5.32 Å². The summed E-state index contributed by atoms with van der Waals surface area (Å²) in [5.41, 5.74) is 2.08. The van der Waals surface area contributed by atoms with Crippen molar-refractivity contribution in [1.29, 1.82) is 0 Å². The summed E-state index contributed by atoms with van der Waals surface area (Å²) in [7, 11) is 0. The summed E-state index contributed by atoms with van der Waals surface area (Å²) in [5, 5.41) is 6.22. The normalized spacial score (nSPS) is 10.6. The molecule has 0 aliphatic heterocycles. The molecule has 22 heavy (non-hydrogen) atoms. The van der Waals surface area contributed by atoms with Crippen LogP contribution in [0.25, 0.3) is 10.2 Å². The number of rotatable bonds is 4. The molecule has 6 heteroatoms. The summed E-state index contributed by atoms with van der Waals surface area (Å²) in [6.45, 7) is 0.590. The second-order valence-electron chi connectivity index (χ2n) is 4.75. The van der Waals surface area contributed by atoms with Gasteiger partial charge in [0.25, 0.3) is 0 Å². The van der Waals surface area contributed by atoms with E-state index in [2.05, 4.69) is 31.5 Å². The lowest BCUT2D eigenvalue weighted by atomic mass is 10.1. The van der Waals surface area contributed by atoms with Gasteiger partial charge in [0.2, 0.25) is 0 Å². The van der Waals surface area contributed by atoms with Crippen molar-refractivity contribution < 1.29 is 4.79 Å². The molecule has 3 aromatic rings. The van der Waals surface area contributed by atoms with Gasteiger partial charge in [-0.25, -0.2) is 9.78 Å². The number of thiazole rings is 1. The molecule has 2 N–H and O–H groups in total. The molecular weight excluding hydrogens is 362 g/mol. The average Bonchev–Trinajstić information content (AvgIpc) is 2.89. The van der Waals surface area contributed by atoms with Gasteiger partial charge in [0.15, 0.2) is 5.13 Å². The lowest BCUT2D eigenvalue weighted by Gasteiger charge is -2.05. The maximum Gasteiger partial charge on any atom is 0.321 e. The maximum absolute atomic E-state index is 11.9. The molecule has 1 aromatic heterocycles. The van der Waals surface area contributed by atoms with Gasteiger partial charge in [0.05, 0.1) is 10.2 Å². The first-order chi connectivity index (χ1) is 10.7. The van der Waals surface area contributed by atoms with E-state index in [9.17, 15) is 4.79 Å². The molecule has 0 aliphatic carbocycles. The third-order valence-electron chi connectivity index (χ3n) is 3.11. The van der Waals surface area contributed by atoms with Gasteiger partial charge >= 0.3 is 6.03 Å². The Morgan fingerprint density at radius 3 is 2.82 bits per heavy atom. The van der Waals surface area contributed by atoms with E-state index in [0.29, 0.717) is 11.7 Å². The predicted molar refractivity (Wildman–Crippen MR) is 94.5 cm³/mol. The molecule has 0 unspecified atom stereocenters. The lowest BCUT2D eigenvalue weighted by Crippen LogP contribution is -2.30. The summed E-state index contributed by atoms with van der Waals surface area (Å²) in [5.74, 6) is 0. The Labute approximate surface area is 140 Å². The van der Waals surface area contributed by atoms with E-state index in [1.807, 2.05) is 48.5 Å². The monoisotopic (exact) mass is 375 g/mol. The molecule has 0 saturated heterocycles. The van der Waals surface area contributed by atoms with Crippen molar-refractivity contribution in [1.82, 2.24) is 10.3 Å². The van der Waals surface area contributed by atoms with Crippen molar-refractivity contribution in [2.24, 2.45) is 0 Å². The summed E-state index contributed by atoms with van der Waals surface area (Å²) in [6.07, 6.45) is 0.807. The fourth-order valence-electron chi connectivity index (χ4n) is 2.06. The first kappa shape index (κ1) is 15.0. The fraction of sp³-hybridized carbons (Fsp3) is 0.125. The molecule has 2 aromatic carbocycles. The van der Waals surface area contributed by atoms with Gasteiger partial charge in [0, 0.05) is 11.0 Å². The number of nitrogens with zero attached hydrogens (tertiary/aromatic N) is 1. The minimum absolute atomic E-state index is 0.228. The molecule has 0 bridgehead atoms. The molecule has 0 atom stereocenters. The number of benzene rings is 2. The molecular formula is C16H14BrN3OS. The summed E-state index contributed by atoms with van der Waals surface area (Å²) < 4.78 is 2.04. The number of nitrogens with one attached hydrogen (secondary N) is 2. The van der Waals surface area contributed by atoms with Crippen molar-refractivity contribution in [2.75, 3.05) is 11.9 Å². The van der Waals surface area contributed by atoms with E-state index in [1.54, 1.807) is 0 Å². The standard InChI is InChI=1S/C16H14BrN3OS/c17-12-6-7-13-14(10-12)22-16(19-13)20-15(21)18-9-8-11-4-2-1-3-5-11/h1-7,10H,8-9H2,(H2,18,19,20,21). The van der Waals surface area contributed by atoms with Crippen LogP contribution >= 0.6 is 27.3 Å². The van der Waals surface area contributed by atoms with Crippen LogP contribution < -0.4 is 10.6 Å². The highest BCUT2D eigenvalue weighted by molar-refractivity contribution is 9.10. The zero-order chi connectivity index (χ0) is 15.4. The predicted octanol–water partition coefficient (Wildman–Crippen LogP) is 4.42. The Morgan fingerprint density at radius 2 is 2.00 bits per heavy atom. The van der Waals surface area contributed by atoms with Gasteiger partial charge in [-0.15, -0.1) is 0 Å². The molecule has 2 amide bonds. The maximum atomic E-state index is 11.9. The van der Waals surface area contributed by atoms with Crippen molar-refractivity contribution in [2.45, 2.75) is 6.42 Å². The van der Waals surface area contributed by atoms with Crippen LogP contribution in [0.5, 0.6) is 0 Å². The largest absolute Gasteiger partial charge is 0.337 e. The number of carbonyl (C=O) groups is 1. The molecule has 0 spiro atoms. The third-order valence-corrected chi connectivity index (χ3v) is 4.54. The van der Waals surface area contributed by atoms with Crippen molar-refractivity contribution in [3.63, 3.8) is 0 Å². The van der Waals surface area contributed by atoms with Crippen molar-refractivity contribution >= 4 is 48.6 Å². The molecule has 112 valence electrons. The average molecular weight is 376 g/mol. The van der Waals surface area contributed by atoms with Gasteiger partial charge in [0.1, 0.15) is 0 Å². The minimum atomic E-state index is -0.228. The number of hydrogen-bond donors (Lipinski definition) is 2. The number of hydrogen-bond acceptors (Lipinski definition) is 3. The van der Waals surface area contributed by atoms with Gasteiger partial charge in [-0.2, -0.15) is 0 Å². The van der Waals surface area contributed by atoms with Crippen LogP contribution in [0.15, 0.2) is 53.0 Å². The smallest absolute Gasteiger partial charge is 0.321 e. The summed E-state index contributed by atoms with van der Waals surface area (Å²) >= 11 is 4.88. The van der Waals surface area contributed by atoms with E-state index in [-0.39, 0.29) is 6.03 Å². The van der Waals surface area contributed by atoms with Crippen LogP contribution in [0.3, 0.4) is 0 Å². The second kappa shape index (κ2) is 6.89. The van der Waals surface area contributed by atoms with Crippen molar-refractivity contribution in [3.8, 4) is 0 Å². The molecule has 0 aliphatic rings. The van der Waals surface area contributed by atoms with Crippen molar-refractivity contribution in [3.05, 3.63) is 58.6 Å². The van der Waals surface area contributed by atoms with E-state index in [4.69, 9.17) is 0 Å². The van der Waals surface area contributed by atoms with Crippen LogP contribution in [0, 0.1) is 0 Å². The highest BCUT2D eigenvalue weighted by atomic mass is 79.9. The van der Waals surface area contributed by atoms with E-state index < -0.39 is 0 Å². The van der Waals surface area contributed by atoms with Gasteiger partial charge < -0.3 is 5.32 Å². The van der Waals surface area contributed by atoms with Gasteiger partial charge in [-0.05, 0) is 30.2 Å². The van der Waals surface area contributed by atoms with Crippen LogP contribution in [-0.4, -0.2) is 17.6 Å². The zero-order valence-corrected chi connectivity index (χ0v) is 14.1. The van der Waals surface area contributed by atoms with E-state index >= 15 is 0 Å². The molecule has 0 fully saturated rings. The topological polar surface area (TPSA) is 54.0 Å². The number of aromatic nitrogens is 1. The lowest BCUT2D eigenvalue weighted by molar-refractivity contribution is 0.252. The minimum Gasteiger partial charge on any atom is -0.337 e. The highest BCUT2D eigenvalue weighted by Gasteiger charge is 2.07. The Hall–Kier alpha value is -1.92. The Balaban J connectivity index is 1.54. The molecule has 4 nitrogen and oxygen atoms in total. The van der Waals surface area contributed by atoms with Gasteiger partial charge in [-0.1, -0.05) is 57.6 Å². The number of anilines is 1. The Kier molecular flexibility index (Phi) is 4.70. The summed E-state index contributed by atoms with van der Waals surface area (Å²) in [6, 6.07) is 15.7. The number of halogens is 1. The molecule has 3 rings (SSSR count). The summed E-state index contributed by atoms with van der Waals surface area (Å²) in [4.78, 5) is 16.3. The van der Waals surface area contributed by atoms with Crippen LogP contribution in [0.2, 0.25) is 0 Å². The third kappa shape index (κ3) is 3.84. The zero-order valence-electron chi connectivity index (χ0n) is 11.7. The Bertz CT molecular complexity index is 788. The van der Waals surface area contributed by atoms with E-state index in [1.165, 1.54) is 16.9 Å². The van der Waals surface area contributed by atoms with E-state index in [0.717, 1.165) is 21.1 Å².